The number of carbonyl (C=O) groups excluding carboxylic acids is 1. The fourth-order valence-electron chi connectivity index (χ4n) is 0.977. The highest BCUT2D eigenvalue weighted by Crippen LogP contribution is 1.99. The van der Waals surface area contributed by atoms with Gasteiger partial charge in [0, 0.05) is 20.3 Å². The molecule has 0 unspecified atom stereocenters. The highest BCUT2D eigenvalue weighted by atomic mass is 16.5. The Morgan fingerprint density at radius 3 is 2.31 bits per heavy atom. The van der Waals surface area contributed by atoms with E-state index in [9.17, 15) is 4.79 Å². The van der Waals surface area contributed by atoms with Crippen LogP contribution in [0.15, 0.2) is 0 Å². The van der Waals surface area contributed by atoms with Crippen molar-refractivity contribution in [2.45, 2.75) is 25.7 Å². The van der Waals surface area contributed by atoms with Gasteiger partial charge in [0.1, 0.15) is 6.61 Å². The number of hydrogen-bond acceptors (Lipinski definition) is 3. The van der Waals surface area contributed by atoms with Crippen molar-refractivity contribution in [3.63, 3.8) is 0 Å². The number of methoxy groups -OCH3 is 1. The number of primary amides is 1. The first-order chi connectivity index (χ1) is 6.27. The summed E-state index contributed by atoms with van der Waals surface area (Å²) in [6.07, 6.45) is 4.33. The molecule has 0 saturated heterocycles. The number of nitrogens with two attached hydrogens (primary N) is 1. The summed E-state index contributed by atoms with van der Waals surface area (Å²) in [6.45, 7) is 1.48. The van der Waals surface area contributed by atoms with Gasteiger partial charge in [-0.25, -0.2) is 0 Å². The first kappa shape index (κ1) is 12.4. The third-order valence-corrected chi connectivity index (χ3v) is 1.63. The summed E-state index contributed by atoms with van der Waals surface area (Å²) in [7, 11) is 1.70. The number of carbonyl (C=O) groups is 1. The normalized spacial score (nSPS) is 10.2. The second-order valence-corrected chi connectivity index (χ2v) is 2.93. The third kappa shape index (κ3) is 11.4. The highest BCUT2D eigenvalue weighted by Gasteiger charge is 1.93. The number of ether oxygens (including phenoxy) is 2. The van der Waals surface area contributed by atoms with Crippen molar-refractivity contribution in [2.24, 2.45) is 5.73 Å². The van der Waals surface area contributed by atoms with Crippen LogP contribution in [0.2, 0.25) is 0 Å². The van der Waals surface area contributed by atoms with Gasteiger partial charge in [0.15, 0.2) is 0 Å². The van der Waals surface area contributed by atoms with Crippen LogP contribution in [0.3, 0.4) is 0 Å². The molecule has 0 aromatic carbocycles. The van der Waals surface area contributed by atoms with Crippen LogP contribution in [0, 0.1) is 0 Å². The van der Waals surface area contributed by atoms with Crippen LogP contribution < -0.4 is 5.73 Å². The molecule has 0 radical (unpaired) electrons. The highest BCUT2D eigenvalue weighted by molar-refractivity contribution is 5.74. The van der Waals surface area contributed by atoms with E-state index in [1.54, 1.807) is 7.11 Å². The van der Waals surface area contributed by atoms with Crippen LogP contribution in [-0.4, -0.2) is 32.8 Å². The summed E-state index contributed by atoms with van der Waals surface area (Å²) < 4.78 is 9.90. The molecule has 0 fully saturated rings. The van der Waals surface area contributed by atoms with Gasteiger partial charge in [-0.05, 0) is 12.8 Å². The van der Waals surface area contributed by atoms with Crippen LogP contribution in [0.4, 0.5) is 0 Å². The minimum absolute atomic E-state index is 0.0398. The molecule has 0 aliphatic rings. The predicted octanol–water partition coefficient (Wildman–Crippen LogP) is 0.695. The van der Waals surface area contributed by atoms with E-state index in [2.05, 4.69) is 0 Å². The van der Waals surface area contributed by atoms with Gasteiger partial charge in [0.2, 0.25) is 5.91 Å². The smallest absolute Gasteiger partial charge is 0.243 e. The molecule has 0 rings (SSSR count). The van der Waals surface area contributed by atoms with Gasteiger partial charge in [-0.3, -0.25) is 4.79 Å². The van der Waals surface area contributed by atoms with Crippen LogP contribution >= 0.6 is 0 Å². The van der Waals surface area contributed by atoms with Gasteiger partial charge in [0.25, 0.3) is 0 Å². The third-order valence-electron chi connectivity index (χ3n) is 1.63. The van der Waals surface area contributed by atoms with Crippen molar-refractivity contribution in [3.05, 3.63) is 0 Å². The lowest BCUT2D eigenvalue weighted by Gasteiger charge is -2.01. The van der Waals surface area contributed by atoms with E-state index in [0.29, 0.717) is 6.61 Å². The zero-order chi connectivity index (χ0) is 9.94. The molecule has 0 aliphatic heterocycles. The molecule has 0 atom stereocenters. The second-order valence-electron chi connectivity index (χ2n) is 2.93. The van der Waals surface area contributed by atoms with Gasteiger partial charge >= 0.3 is 0 Å². The molecule has 4 heteroatoms. The van der Waals surface area contributed by atoms with E-state index in [0.717, 1.165) is 32.3 Å². The quantitative estimate of drug-likeness (QED) is 0.543. The number of unbranched alkanes of at least 4 members (excludes halogenated alkanes) is 3. The average molecular weight is 189 g/mol. The minimum Gasteiger partial charge on any atom is -0.385 e. The Morgan fingerprint density at radius 1 is 1.15 bits per heavy atom. The topological polar surface area (TPSA) is 61.6 Å². The first-order valence-electron chi connectivity index (χ1n) is 4.62. The minimum atomic E-state index is -0.403. The molecule has 2 N–H and O–H groups in total. The van der Waals surface area contributed by atoms with Crippen molar-refractivity contribution in [3.8, 4) is 0 Å². The van der Waals surface area contributed by atoms with Crippen LogP contribution in [0.5, 0.6) is 0 Å². The first-order valence-corrected chi connectivity index (χ1v) is 4.62. The second kappa shape index (κ2) is 9.48. The summed E-state index contributed by atoms with van der Waals surface area (Å²) in [5, 5.41) is 0. The Labute approximate surface area is 79.4 Å². The fourth-order valence-corrected chi connectivity index (χ4v) is 0.977. The van der Waals surface area contributed by atoms with E-state index in [4.69, 9.17) is 15.2 Å². The van der Waals surface area contributed by atoms with Crippen molar-refractivity contribution >= 4 is 5.91 Å². The Kier molecular flexibility index (Phi) is 9.03. The van der Waals surface area contributed by atoms with Crippen LogP contribution in [0.25, 0.3) is 0 Å². The molecule has 1 amide bonds. The summed E-state index contributed by atoms with van der Waals surface area (Å²) in [5.74, 6) is -0.403. The number of rotatable bonds is 9. The lowest BCUT2D eigenvalue weighted by molar-refractivity contribution is -0.122. The lowest BCUT2D eigenvalue weighted by Crippen LogP contribution is -2.18. The Bertz CT molecular complexity index is 128. The Morgan fingerprint density at radius 2 is 1.77 bits per heavy atom. The fraction of sp³-hybridized carbons (Fsp3) is 0.889. The van der Waals surface area contributed by atoms with Gasteiger partial charge in [-0.2, -0.15) is 0 Å². The van der Waals surface area contributed by atoms with Crippen molar-refractivity contribution < 1.29 is 14.3 Å². The van der Waals surface area contributed by atoms with E-state index in [1.807, 2.05) is 0 Å². The zero-order valence-corrected chi connectivity index (χ0v) is 8.25. The van der Waals surface area contributed by atoms with Crippen molar-refractivity contribution in [1.29, 1.82) is 0 Å². The molecule has 0 saturated carbocycles. The van der Waals surface area contributed by atoms with E-state index in [-0.39, 0.29) is 6.61 Å². The van der Waals surface area contributed by atoms with E-state index < -0.39 is 5.91 Å². The zero-order valence-electron chi connectivity index (χ0n) is 8.25. The largest absolute Gasteiger partial charge is 0.385 e. The van der Waals surface area contributed by atoms with Crippen LogP contribution in [0.1, 0.15) is 25.7 Å². The molecule has 0 aromatic heterocycles. The van der Waals surface area contributed by atoms with E-state index >= 15 is 0 Å². The Balaban J connectivity index is 2.87. The maximum absolute atomic E-state index is 10.3. The van der Waals surface area contributed by atoms with Gasteiger partial charge in [-0.1, -0.05) is 12.8 Å². The van der Waals surface area contributed by atoms with Crippen LogP contribution in [-0.2, 0) is 14.3 Å². The molecule has 0 heterocycles. The number of hydrogen-bond donors (Lipinski definition) is 1. The molecule has 4 nitrogen and oxygen atoms in total. The van der Waals surface area contributed by atoms with Gasteiger partial charge < -0.3 is 15.2 Å². The maximum Gasteiger partial charge on any atom is 0.243 e. The van der Waals surface area contributed by atoms with Crippen molar-refractivity contribution in [2.75, 3.05) is 26.9 Å². The van der Waals surface area contributed by atoms with E-state index in [1.165, 1.54) is 0 Å². The molecule has 0 spiro atoms. The van der Waals surface area contributed by atoms with Gasteiger partial charge in [0.05, 0.1) is 0 Å². The molecular weight excluding hydrogens is 170 g/mol. The molecule has 13 heavy (non-hydrogen) atoms. The Hall–Kier alpha value is -0.610. The monoisotopic (exact) mass is 189 g/mol. The molecule has 78 valence electrons. The number of amides is 1. The summed E-state index contributed by atoms with van der Waals surface area (Å²) >= 11 is 0. The van der Waals surface area contributed by atoms with Crippen molar-refractivity contribution in [1.82, 2.24) is 0 Å². The average Bonchev–Trinajstić information content (AvgIpc) is 2.09. The predicted molar refractivity (Wildman–Crippen MR) is 50.4 cm³/mol. The maximum atomic E-state index is 10.3. The summed E-state index contributed by atoms with van der Waals surface area (Å²) in [6, 6.07) is 0. The molecular formula is C9H19NO3. The molecule has 0 aromatic rings. The standard InChI is InChI=1S/C9H19NO3/c1-12-6-4-2-3-5-7-13-8-9(10)11/h2-8H2,1H3,(H2,10,11). The molecule has 0 aliphatic carbocycles. The van der Waals surface area contributed by atoms with Gasteiger partial charge in [-0.15, -0.1) is 0 Å². The SMILES string of the molecule is COCCCCCCOCC(N)=O. The summed E-state index contributed by atoms with van der Waals surface area (Å²) in [5.41, 5.74) is 4.89. The lowest BCUT2D eigenvalue weighted by atomic mass is 10.2. The summed E-state index contributed by atoms with van der Waals surface area (Å²) in [4.78, 5) is 10.3. The molecule has 0 bridgehead atoms.